The first kappa shape index (κ1) is 19.0. The lowest BCUT2D eigenvalue weighted by Gasteiger charge is -2.42. The van der Waals surface area contributed by atoms with Crippen molar-refractivity contribution in [2.24, 2.45) is 5.92 Å². The van der Waals surface area contributed by atoms with Crippen molar-refractivity contribution in [3.8, 4) is 0 Å². The summed E-state index contributed by atoms with van der Waals surface area (Å²) in [6.45, 7) is 17.7. The molecule has 24 heavy (non-hydrogen) atoms. The van der Waals surface area contributed by atoms with Crippen molar-refractivity contribution < 1.29 is 4.79 Å². The highest BCUT2D eigenvalue weighted by Crippen LogP contribution is 2.46. The highest BCUT2D eigenvalue weighted by Gasteiger charge is 2.37. The lowest BCUT2D eigenvalue weighted by atomic mass is 9.62. The third-order valence-electron chi connectivity index (χ3n) is 6.22. The minimum absolute atomic E-state index is 0.151. The summed E-state index contributed by atoms with van der Waals surface area (Å²) in [5.41, 5.74) is 6.52. The van der Waals surface area contributed by atoms with E-state index < -0.39 is 0 Å². The molecule has 1 nitrogen and oxygen atoms in total. The third-order valence-corrected chi connectivity index (χ3v) is 6.22. The second kappa shape index (κ2) is 6.50. The Balaban J connectivity index is 2.45. The van der Waals surface area contributed by atoms with Crippen molar-refractivity contribution >= 4 is 5.78 Å². The second-order valence-electron chi connectivity index (χ2n) is 9.04. The van der Waals surface area contributed by atoms with Crippen molar-refractivity contribution in [2.45, 2.75) is 85.5 Å². The minimum atomic E-state index is 0.151. The van der Waals surface area contributed by atoms with E-state index >= 15 is 0 Å². The van der Waals surface area contributed by atoms with Crippen LogP contribution in [0.3, 0.4) is 0 Å². The van der Waals surface area contributed by atoms with Gasteiger partial charge in [0.25, 0.3) is 0 Å². The number of benzene rings is 1. The Hall–Kier alpha value is -1.37. The third kappa shape index (κ3) is 3.50. The maximum Gasteiger partial charge on any atom is 0.163 e. The molecule has 132 valence electrons. The standard InChI is InChI=1S/C23H34O/c1-9-15(2)16(3)13-21(24)18-14-20-19(12-17(18)4)22(5,6)10-11-23(20,7)8/h9,12,14,16H,10-11,13H2,1-8H3/b15-9+. The molecule has 1 aromatic rings. The van der Waals surface area contributed by atoms with Crippen molar-refractivity contribution in [1.29, 1.82) is 0 Å². The molecule has 1 aliphatic carbocycles. The number of hydrogen-bond donors (Lipinski definition) is 0. The molecule has 0 fully saturated rings. The van der Waals surface area contributed by atoms with Gasteiger partial charge in [0.05, 0.1) is 0 Å². The van der Waals surface area contributed by atoms with Gasteiger partial charge in [0, 0.05) is 12.0 Å². The van der Waals surface area contributed by atoms with Crippen LogP contribution in [-0.2, 0) is 10.8 Å². The van der Waals surface area contributed by atoms with Gasteiger partial charge in [0.1, 0.15) is 0 Å². The molecule has 1 heteroatoms. The Morgan fingerprint density at radius 1 is 1.12 bits per heavy atom. The normalized spacial score (nSPS) is 20.4. The molecule has 1 aliphatic rings. The van der Waals surface area contributed by atoms with E-state index in [1.54, 1.807) is 0 Å². The van der Waals surface area contributed by atoms with Crippen molar-refractivity contribution in [1.82, 2.24) is 0 Å². The van der Waals surface area contributed by atoms with Crippen LogP contribution in [0.2, 0.25) is 0 Å². The van der Waals surface area contributed by atoms with Crippen LogP contribution in [0.25, 0.3) is 0 Å². The van der Waals surface area contributed by atoms with Crippen molar-refractivity contribution in [3.63, 3.8) is 0 Å². The van der Waals surface area contributed by atoms with E-state index in [4.69, 9.17) is 0 Å². The maximum absolute atomic E-state index is 12.9. The number of allylic oxidation sites excluding steroid dienone is 2. The summed E-state index contributed by atoms with van der Waals surface area (Å²) in [7, 11) is 0. The average molecular weight is 327 g/mol. The van der Waals surface area contributed by atoms with Crippen LogP contribution >= 0.6 is 0 Å². The lowest BCUT2D eigenvalue weighted by Crippen LogP contribution is -2.34. The van der Waals surface area contributed by atoms with Crippen molar-refractivity contribution in [2.75, 3.05) is 0 Å². The molecule has 1 unspecified atom stereocenters. The molecule has 0 amide bonds. The number of hydrogen-bond acceptors (Lipinski definition) is 1. The van der Waals surface area contributed by atoms with Gasteiger partial charge >= 0.3 is 0 Å². The highest BCUT2D eigenvalue weighted by molar-refractivity contribution is 5.98. The van der Waals surface area contributed by atoms with E-state index in [1.165, 1.54) is 29.5 Å². The van der Waals surface area contributed by atoms with Crippen LogP contribution in [0, 0.1) is 12.8 Å². The SMILES string of the molecule is C/C=C(\C)C(C)CC(=O)c1cc2c(cc1C)C(C)(C)CCC2(C)C. The van der Waals surface area contributed by atoms with Crippen LogP contribution in [0.4, 0.5) is 0 Å². The van der Waals surface area contributed by atoms with E-state index in [2.05, 4.69) is 66.7 Å². The summed E-state index contributed by atoms with van der Waals surface area (Å²) in [5, 5.41) is 0. The average Bonchev–Trinajstić information content (AvgIpc) is 2.50. The predicted molar refractivity (Wildman–Crippen MR) is 104 cm³/mol. The largest absolute Gasteiger partial charge is 0.294 e. The molecule has 0 spiro atoms. The van der Waals surface area contributed by atoms with Gasteiger partial charge in [0.15, 0.2) is 5.78 Å². The lowest BCUT2D eigenvalue weighted by molar-refractivity contribution is 0.0969. The first-order chi connectivity index (χ1) is 11.0. The fraction of sp³-hybridized carbons (Fsp3) is 0.609. The number of carbonyl (C=O) groups is 1. The van der Waals surface area contributed by atoms with E-state index in [9.17, 15) is 4.79 Å². The predicted octanol–water partition coefficient (Wildman–Crippen LogP) is 6.52. The van der Waals surface area contributed by atoms with Gasteiger partial charge in [-0.15, -0.1) is 0 Å². The minimum Gasteiger partial charge on any atom is -0.294 e. The summed E-state index contributed by atoms with van der Waals surface area (Å²) in [5.74, 6) is 0.588. The zero-order chi connectivity index (χ0) is 18.3. The van der Waals surface area contributed by atoms with Crippen LogP contribution in [0.1, 0.15) is 94.8 Å². The fourth-order valence-electron chi connectivity index (χ4n) is 3.86. The number of Topliss-reactive ketones (excluding diaryl/α,β-unsaturated/α-hetero) is 1. The van der Waals surface area contributed by atoms with Gasteiger partial charge in [-0.1, -0.05) is 52.3 Å². The maximum atomic E-state index is 12.9. The second-order valence-corrected chi connectivity index (χ2v) is 9.04. The monoisotopic (exact) mass is 326 g/mol. The number of carbonyl (C=O) groups excluding carboxylic acids is 1. The van der Waals surface area contributed by atoms with Gasteiger partial charge in [0.2, 0.25) is 0 Å². The first-order valence-electron chi connectivity index (χ1n) is 9.31. The van der Waals surface area contributed by atoms with Gasteiger partial charge in [-0.05, 0) is 73.1 Å². The molecule has 2 rings (SSSR count). The number of ketones is 1. The van der Waals surface area contributed by atoms with Gasteiger partial charge in [-0.25, -0.2) is 0 Å². The summed E-state index contributed by atoms with van der Waals surface area (Å²) in [4.78, 5) is 12.9. The van der Waals surface area contributed by atoms with Gasteiger partial charge in [-0.3, -0.25) is 4.79 Å². The molecular formula is C23H34O. The van der Waals surface area contributed by atoms with Crippen molar-refractivity contribution in [3.05, 3.63) is 46.0 Å². The molecular weight excluding hydrogens is 292 g/mol. The number of rotatable bonds is 4. The summed E-state index contributed by atoms with van der Waals surface area (Å²) in [6, 6.07) is 4.50. The molecule has 0 N–H and O–H groups in total. The van der Waals surface area contributed by atoms with Crippen LogP contribution < -0.4 is 0 Å². The molecule has 0 saturated carbocycles. The van der Waals surface area contributed by atoms with Crippen LogP contribution in [0.15, 0.2) is 23.8 Å². The molecule has 0 aromatic heterocycles. The number of fused-ring (bicyclic) bond motifs is 1. The van der Waals surface area contributed by atoms with E-state index in [-0.39, 0.29) is 16.6 Å². The molecule has 0 heterocycles. The van der Waals surface area contributed by atoms with Crippen LogP contribution in [-0.4, -0.2) is 5.78 Å². The topological polar surface area (TPSA) is 17.1 Å². The van der Waals surface area contributed by atoms with Gasteiger partial charge in [-0.2, -0.15) is 0 Å². The molecule has 1 atom stereocenters. The van der Waals surface area contributed by atoms with Crippen LogP contribution in [0.5, 0.6) is 0 Å². The smallest absolute Gasteiger partial charge is 0.163 e. The Bertz CT molecular complexity index is 674. The highest BCUT2D eigenvalue weighted by atomic mass is 16.1. The Labute approximate surface area is 148 Å². The zero-order valence-corrected chi connectivity index (χ0v) is 16.8. The van der Waals surface area contributed by atoms with E-state index in [0.717, 1.165) is 11.1 Å². The molecule has 0 bridgehead atoms. The fourth-order valence-corrected chi connectivity index (χ4v) is 3.86. The molecule has 0 radical (unpaired) electrons. The number of aryl methyl sites for hydroxylation is 1. The Kier molecular flexibility index (Phi) is 5.14. The van der Waals surface area contributed by atoms with E-state index in [1.807, 2.05) is 6.92 Å². The summed E-state index contributed by atoms with van der Waals surface area (Å²) < 4.78 is 0. The zero-order valence-electron chi connectivity index (χ0n) is 16.8. The quantitative estimate of drug-likeness (QED) is 0.455. The summed E-state index contributed by atoms with van der Waals surface area (Å²) in [6.07, 6.45) is 5.10. The molecule has 0 aliphatic heterocycles. The molecule has 1 aromatic carbocycles. The Morgan fingerprint density at radius 2 is 1.62 bits per heavy atom. The molecule has 0 saturated heterocycles. The summed E-state index contributed by atoms with van der Waals surface area (Å²) >= 11 is 0. The first-order valence-corrected chi connectivity index (χ1v) is 9.31. The Morgan fingerprint density at radius 3 is 2.12 bits per heavy atom. The van der Waals surface area contributed by atoms with E-state index in [0.29, 0.717) is 12.3 Å². The van der Waals surface area contributed by atoms with Gasteiger partial charge < -0.3 is 0 Å².